The Labute approximate surface area is 165 Å². The van der Waals surface area contributed by atoms with Crippen LogP contribution in [0.25, 0.3) is 0 Å². The van der Waals surface area contributed by atoms with Gasteiger partial charge in [-0.15, -0.1) is 11.3 Å². The van der Waals surface area contributed by atoms with Gasteiger partial charge in [-0.25, -0.2) is 9.78 Å². The van der Waals surface area contributed by atoms with Crippen LogP contribution in [0.3, 0.4) is 0 Å². The van der Waals surface area contributed by atoms with Crippen LogP contribution < -0.4 is 5.32 Å². The molecule has 1 aliphatic carbocycles. The Balaban J connectivity index is 1.58. The van der Waals surface area contributed by atoms with E-state index < -0.39 is 18.5 Å². The number of halogens is 2. The average Bonchev–Trinajstić information content (AvgIpc) is 2.91. The molecule has 2 aromatic heterocycles. The number of aromatic nitrogens is 1. The van der Waals surface area contributed by atoms with E-state index in [0.29, 0.717) is 15.5 Å². The van der Waals surface area contributed by atoms with Gasteiger partial charge in [-0.3, -0.25) is 4.79 Å². The van der Waals surface area contributed by atoms with Crippen molar-refractivity contribution in [3.63, 3.8) is 0 Å². The average molecular weight is 413 g/mol. The molecule has 0 unspecified atom stereocenters. The van der Waals surface area contributed by atoms with E-state index in [-0.39, 0.29) is 10.8 Å². The van der Waals surface area contributed by atoms with Crippen molar-refractivity contribution in [2.24, 2.45) is 0 Å². The van der Waals surface area contributed by atoms with Crippen LogP contribution in [0.4, 0.5) is 5.82 Å². The maximum absolute atomic E-state index is 12.2. The van der Waals surface area contributed by atoms with Gasteiger partial charge in [0.2, 0.25) is 0 Å². The summed E-state index contributed by atoms with van der Waals surface area (Å²) in [6, 6.07) is 1.90. The van der Waals surface area contributed by atoms with E-state index in [9.17, 15) is 9.59 Å². The molecule has 26 heavy (non-hydrogen) atoms. The van der Waals surface area contributed by atoms with Crippen molar-refractivity contribution in [3.05, 3.63) is 43.2 Å². The molecule has 5 nitrogen and oxygen atoms in total. The van der Waals surface area contributed by atoms with Crippen molar-refractivity contribution in [2.45, 2.75) is 39.0 Å². The van der Waals surface area contributed by atoms with Crippen LogP contribution in [0.5, 0.6) is 0 Å². The van der Waals surface area contributed by atoms with Crippen LogP contribution in [0.2, 0.25) is 10.0 Å². The highest BCUT2D eigenvalue weighted by molar-refractivity contribution is 7.14. The number of rotatable bonds is 4. The molecule has 0 radical (unpaired) electrons. The highest BCUT2D eigenvalue weighted by Gasteiger charge is 2.19. The molecule has 2 aromatic rings. The normalized spacial score (nSPS) is 13.7. The first-order valence-corrected chi connectivity index (χ1v) is 9.92. The second-order valence-corrected chi connectivity index (χ2v) is 8.06. The van der Waals surface area contributed by atoms with E-state index in [1.54, 1.807) is 6.92 Å². The number of esters is 1. The number of carbonyl (C=O) groups is 2. The van der Waals surface area contributed by atoms with Crippen LogP contribution in [-0.2, 0) is 22.4 Å². The molecule has 0 bridgehead atoms. The third kappa shape index (κ3) is 4.37. The third-order valence-corrected chi connectivity index (χ3v) is 6.30. The lowest BCUT2D eigenvalue weighted by Crippen LogP contribution is -2.21. The van der Waals surface area contributed by atoms with E-state index in [1.807, 2.05) is 6.07 Å². The predicted molar refractivity (Wildman–Crippen MR) is 103 cm³/mol. The maximum atomic E-state index is 12.2. The summed E-state index contributed by atoms with van der Waals surface area (Å²) in [6.45, 7) is 1.32. The highest BCUT2D eigenvalue weighted by atomic mass is 35.5. The third-order valence-electron chi connectivity index (χ3n) is 4.24. The minimum atomic E-state index is -0.507. The van der Waals surface area contributed by atoms with E-state index in [0.717, 1.165) is 25.7 Å². The molecular weight excluding hydrogens is 395 g/mol. The number of aryl methyl sites for hydroxylation is 2. The van der Waals surface area contributed by atoms with Crippen molar-refractivity contribution in [3.8, 4) is 0 Å². The number of nitrogens with zero attached hydrogens (tertiary/aromatic N) is 1. The number of hydrogen-bond donors (Lipinski definition) is 1. The Morgan fingerprint density at radius 3 is 2.85 bits per heavy atom. The summed E-state index contributed by atoms with van der Waals surface area (Å²) in [7, 11) is 0. The zero-order chi connectivity index (χ0) is 18.7. The van der Waals surface area contributed by atoms with E-state index in [2.05, 4.69) is 10.3 Å². The van der Waals surface area contributed by atoms with Crippen LogP contribution in [0, 0.1) is 6.92 Å². The van der Waals surface area contributed by atoms with E-state index in [4.69, 9.17) is 27.9 Å². The van der Waals surface area contributed by atoms with Crippen LogP contribution in [0.1, 0.15) is 44.9 Å². The van der Waals surface area contributed by atoms with Gasteiger partial charge in [0.25, 0.3) is 5.91 Å². The van der Waals surface area contributed by atoms with Crippen LogP contribution in [-0.4, -0.2) is 23.5 Å². The summed E-state index contributed by atoms with van der Waals surface area (Å²) in [4.78, 5) is 30.0. The molecule has 0 fully saturated rings. The molecule has 0 saturated carbocycles. The van der Waals surface area contributed by atoms with Crippen molar-refractivity contribution >= 4 is 52.2 Å². The Bertz CT molecular complexity index is 828. The van der Waals surface area contributed by atoms with Crippen molar-refractivity contribution < 1.29 is 14.3 Å². The quantitative estimate of drug-likeness (QED) is 0.576. The zero-order valence-corrected chi connectivity index (χ0v) is 16.6. The number of carbonyl (C=O) groups excluding carboxylic acids is 2. The van der Waals surface area contributed by atoms with Gasteiger partial charge >= 0.3 is 5.97 Å². The number of thiophene rings is 1. The molecule has 0 saturated heterocycles. The number of ether oxygens (including phenoxy) is 1. The fraction of sp³-hybridized carbons (Fsp3) is 0.389. The number of amides is 1. The second-order valence-electron chi connectivity index (χ2n) is 6.14. The summed E-state index contributed by atoms with van der Waals surface area (Å²) in [6.07, 6.45) is 6.94. The molecule has 0 atom stereocenters. The number of hydrogen-bond acceptors (Lipinski definition) is 5. The first kappa shape index (κ1) is 19.1. The zero-order valence-electron chi connectivity index (χ0n) is 14.2. The van der Waals surface area contributed by atoms with Gasteiger partial charge in [0, 0.05) is 11.1 Å². The summed E-state index contributed by atoms with van der Waals surface area (Å²) in [5, 5.41) is 3.20. The summed E-state index contributed by atoms with van der Waals surface area (Å²) in [5.74, 6) is -0.797. The molecule has 1 aliphatic rings. The van der Waals surface area contributed by atoms with Gasteiger partial charge < -0.3 is 10.1 Å². The largest absolute Gasteiger partial charge is 0.451 e. The fourth-order valence-electron chi connectivity index (χ4n) is 2.78. The summed E-state index contributed by atoms with van der Waals surface area (Å²) in [5.41, 5.74) is 1.85. The Morgan fingerprint density at radius 2 is 2.04 bits per heavy atom. The number of pyridine rings is 1. The lowest BCUT2D eigenvalue weighted by Gasteiger charge is -2.09. The van der Waals surface area contributed by atoms with Gasteiger partial charge in [-0.05, 0) is 49.8 Å². The molecule has 0 spiro atoms. The molecule has 1 N–H and O–H groups in total. The summed E-state index contributed by atoms with van der Waals surface area (Å²) >= 11 is 13.5. The fourth-order valence-corrected chi connectivity index (χ4v) is 4.32. The smallest absolute Gasteiger partial charge is 0.348 e. The maximum Gasteiger partial charge on any atom is 0.348 e. The molecule has 0 aromatic carbocycles. The van der Waals surface area contributed by atoms with Crippen molar-refractivity contribution in [2.75, 3.05) is 11.9 Å². The molecule has 138 valence electrons. The molecule has 1 amide bonds. The van der Waals surface area contributed by atoms with Crippen LogP contribution in [0.15, 0.2) is 12.3 Å². The Morgan fingerprint density at radius 1 is 1.27 bits per heavy atom. The minimum absolute atomic E-state index is 0.192. The number of fused-ring (bicyclic) bond motifs is 1. The van der Waals surface area contributed by atoms with E-state index in [1.165, 1.54) is 34.4 Å². The second kappa shape index (κ2) is 8.37. The summed E-state index contributed by atoms with van der Waals surface area (Å²) < 4.78 is 5.13. The first-order chi connectivity index (χ1) is 12.5. The lowest BCUT2D eigenvalue weighted by atomic mass is 10.1. The van der Waals surface area contributed by atoms with Gasteiger partial charge in [-0.1, -0.05) is 29.6 Å². The molecule has 3 rings (SSSR count). The molecule has 8 heteroatoms. The predicted octanol–water partition coefficient (Wildman–Crippen LogP) is 4.82. The monoisotopic (exact) mass is 412 g/mol. The first-order valence-electron chi connectivity index (χ1n) is 8.35. The molecule has 2 heterocycles. The molecular formula is C18H18Cl2N2O3S. The standard InChI is InChI=1S/C18H18Cl2N2O3S/c1-10-12(19)8-21-17(16(10)20)22-15(23)9-25-18(24)14-7-11-5-3-2-4-6-13(11)26-14/h7-8H,2-6,9H2,1H3,(H,21,22,23). The van der Waals surface area contributed by atoms with Gasteiger partial charge in [0.15, 0.2) is 12.4 Å². The van der Waals surface area contributed by atoms with Crippen LogP contribution >= 0.6 is 34.5 Å². The highest BCUT2D eigenvalue weighted by Crippen LogP contribution is 2.30. The van der Waals surface area contributed by atoms with E-state index >= 15 is 0 Å². The van der Waals surface area contributed by atoms with Gasteiger partial charge in [0.1, 0.15) is 4.88 Å². The molecule has 0 aliphatic heterocycles. The van der Waals surface area contributed by atoms with Crippen molar-refractivity contribution in [1.29, 1.82) is 0 Å². The minimum Gasteiger partial charge on any atom is -0.451 e. The number of nitrogens with one attached hydrogen (secondary N) is 1. The van der Waals surface area contributed by atoms with Gasteiger partial charge in [0.05, 0.1) is 10.0 Å². The van der Waals surface area contributed by atoms with Gasteiger partial charge in [-0.2, -0.15) is 0 Å². The SMILES string of the molecule is Cc1c(Cl)cnc(NC(=O)COC(=O)c2cc3c(s2)CCCCC3)c1Cl. The lowest BCUT2D eigenvalue weighted by molar-refractivity contribution is -0.119. The number of anilines is 1. The Kier molecular flexibility index (Phi) is 6.16. The Hall–Kier alpha value is -1.63. The van der Waals surface area contributed by atoms with Crippen molar-refractivity contribution in [1.82, 2.24) is 4.98 Å². The topological polar surface area (TPSA) is 68.3 Å².